The van der Waals surface area contributed by atoms with Gasteiger partial charge in [0.15, 0.2) is 5.78 Å². The molecule has 0 fully saturated rings. The Balaban J connectivity index is 1.83. The average Bonchev–Trinajstić information content (AvgIpc) is 2.83. The summed E-state index contributed by atoms with van der Waals surface area (Å²) in [5, 5.41) is 0. The van der Waals surface area contributed by atoms with Crippen LogP contribution in [0.15, 0.2) is 72.8 Å². The van der Waals surface area contributed by atoms with Crippen molar-refractivity contribution < 1.29 is 23.7 Å². The maximum absolute atomic E-state index is 13.0. The smallest absolute Gasteiger partial charge is 0.189 e. The van der Waals surface area contributed by atoms with Gasteiger partial charge in [-0.25, -0.2) is 0 Å². The van der Waals surface area contributed by atoms with E-state index in [2.05, 4.69) is 0 Å². The summed E-state index contributed by atoms with van der Waals surface area (Å²) in [6.45, 7) is 5.28. The van der Waals surface area contributed by atoms with Gasteiger partial charge in [0.2, 0.25) is 0 Å². The minimum absolute atomic E-state index is 0.174. The molecule has 3 aromatic rings. The highest BCUT2D eigenvalue weighted by Crippen LogP contribution is 2.29. The quantitative estimate of drug-likeness (QED) is 0.276. The highest BCUT2D eigenvalue weighted by molar-refractivity contribution is 6.08. The van der Waals surface area contributed by atoms with E-state index < -0.39 is 0 Å². The fraction of sp³-hybridized carbons (Fsp3) is 0.222. The van der Waals surface area contributed by atoms with Gasteiger partial charge in [0.05, 0.1) is 25.9 Å². The largest absolute Gasteiger partial charge is 0.497 e. The summed E-state index contributed by atoms with van der Waals surface area (Å²) in [6, 6.07) is 20.6. The first-order chi connectivity index (χ1) is 15.6. The van der Waals surface area contributed by atoms with E-state index in [1.54, 1.807) is 31.4 Å². The Morgan fingerprint density at radius 2 is 1.53 bits per heavy atom. The Labute approximate surface area is 189 Å². The molecule has 0 aromatic heterocycles. The molecule has 0 bridgehead atoms. The van der Waals surface area contributed by atoms with Crippen LogP contribution in [0.5, 0.6) is 23.0 Å². The molecular formula is C27H28O5. The Morgan fingerprint density at radius 1 is 0.812 bits per heavy atom. The maximum atomic E-state index is 13.0. The average molecular weight is 433 g/mol. The molecule has 0 saturated heterocycles. The van der Waals surface area contributed by atoms with Crippen LogP contribution >= 0.6 is 0 Å². The zero-order chi connectivity index (χ0) is 22.8. The molecule has 0 radical (unpaired) electrons. The zero-order valence-corrected chi connectivity index (χ0v) is 18.7. The summed E-state index contributed by atoms with van der Waals surface area (Å²) in [4.78, 5) is 13.0. The van der Waals surface area contributed by atoms with Gasteiger partial charge in [-0.2, -0.15) is 0 Å². The molecule has 0 atom stereocenters. The second-order valence-corrected chi connectivity index (χ2v) is 6.90. The molecule has 0 saturated carbocycles. The molecule has 3 aromatic carbocycles. The fourth-order valence-electron chi connectivity index (χ4n) is 3.13. The minimum Gasteiger partial charge on any atom is -0.497 e. The lowest BCUT2D eigenvalue weighted by Crippen LogP contribution is -2.03. The molecule has 0 N–H and O–H groups in total. The van der Waals surface area contributed by atoms with E-state index in [1.165, 1.54) is 6.08 Å². The monoisotopic (exact) mass is 432 g/mol. The number of methoxy groups -OCH3 is 1. The summed E-state index contributed by atoms with van der Waals surface area (Å²) >= 11 is 0. The van der Waals surface area contributed by atoms with Crippen LogP contribution in [-0.4, -0.2) is 26.1 Å². The number of ketones is 1. The molecule has 0 heterocycles. The molecule has 3 rings (SSSR count). The third kappa shape index (κ3) is 6.14. The molecule has 0 aliphatic heterocycles. The third-order valence-electron chi connectivity index (χ3n) is 4.70. The molecule has 0 spiro atoms. The first kappa shape index (κ1) is 22.9. The van der Waals surface area contributed by atoms with Crippen LogP contribution in [0.3, 0.4) is 0 Å². The summed E-state index contributed by atoms with van der Waals surface area (Å²) in [5.74, 6) is 2.31. The topological polar surface area (TPSA) is 54.0 Å². The van der Waals surface area contributed by atoms with Crippen molar-refractivity contribution in [1.29, 1.82) is 0 Å². The fourth-order valence-corrected chi connectivity index (χ4v) is 3.13. The molecule has 0 amide bonds. The van der Waals surface area contributed by atoms with Crippen molar-refractivity contribution in [3.05, 3.63) is 89.5 Å². The van der Waals surface area contributed by atoms with Gasteiger partial charge in [-0.05, 0) is 55.8 Å². The number of allylic oxidation sites excluding steroid dienone is 1. The second kappa shape index (κ2) is 11.6. The van der Waals surface area contributed by atoms with Crippen LogP contribution in [0.4, 0.5) is 0 Å². The number of ether oxygens (including phenoxy) is 4. The van der Waals surface area contributed by atoms with Gasteiger partial charge in [0.1, 0.15) is 29.6 Å². The van der Waals surface area contributed by atoms with E-state index >= 15 is 0 Å². The molecule has 32 heavy (non-hydrogen) atoms. The van der Waals surface area contributed by atoms with E-state index in [0.29, 0.717) is 42.6 Å². The van der Waals surface area contributed by atoms with Crippen LogP contribution in [0.2, 0.25) is 0 Å². The number of carbonyl (C=O) groups excluding carboxylic acids is 1. The van der Waals surface area contributed by atoms with Crippen molar-refractivity contribution in [1.82, 2.24) is 0 Å². The van der Waals surface area contributed by atoms with Crippen molar-refractivity contribution in [2.75, 3.05) is 20.3 Å². The third-order valence-corrected chi connectivity index (χ3v) is 4.70. The van der Waals surface area contributed by atoms with E-state index in [9.17, 15) is 4.79 Å². The van der Waals surface area contributed by atoms with Crippen LogP contribution in [0, 0.1) is 0 Å². The number of rotatable bonds is 11. The number of hydrogen-bond acceptors (Lipinski definition) is 5. The zero-order valence-electron chi connectivity index (χ0n) is 18.7. The standard InChI is InChI=1S/C27H28O5/c1-4-30-23-13-11-21(26(18-23)31-5-2)12-16-25(28)24-15-14-22(29-3)17-27(24)32-19-20-9-7-6-8-10-20/h6-18H,4-5,19H2,1-3H3. The van der Waals surface area contributed by atoms with Gasteiger partial charge >= 0.3 is 0 Å². The molecule has 5 nitrogen and oxygen atoms in total. The van der Waals surface area contributed by atoms with Gasteiger partial charge in [-0.15, -0.1) is 0 Å². The van der Waals surface area contributed by atoms with Crippen LogP contribution in [-0.2, 0) is 6.61 Å². The van der Waals surface area contributed by atoms with Crippen LogP contribution < -0.4 is 18.9 Å². The Bertz CT molecular complexity index is 1060. The first-order valence-corrected chi connectivity index (χ1v) is 10.6. The predicted octanol–water partition coefficient (Wildman–Crippen LogP) is 5.97. The van der Waals surface area contributed by atoms with Crippen molar-refractivity contribution >= 4 is 11.9 Å². The maximum Gasteiger partial charge on any atom is 0.189 e. The van der Waals surface area contributed by atoms with Gasteiger partial charge in [0.25, 0.3) is 0 Å². The highest BCUT2D eigenvalue weighted by atomic mass is 16.5. The predicted molar refractivity (Wildman–Crippen MR) is 126 cm³/mol. The van der Waals surface area contributed by atoms with Crippen LogP contribution in [0.25, 0.3) is 6.08 Å². The number of hydrogen-bond donors (Lipinski definition) is 0. The molecule has 5 heteroatoms. The summed E-state index contributed by atoms with van der Waals surface area (Å²) in [7, 11) is 1.58. The number of carbonyl (C=O) groups is 1. The molecule has 0 unspecified atom stereocenters. The van der Waals surface area contributed by atoms with Crippen molar-refractivity contribution in [3.63, 3.8) is 0 Å². The minimum atomic E-state index is -0.174. The summed E-state index contributed by atoms with van der Waals surface area (Å²) in [6.07, 6.45) is 3.27. The van der Waals surface area contributed by atoms with E-state index in [4.69, 9.17) is 18.9 Å². The second-order valence-electron chi connectivity index (χ2n) is 6.90. The Kier molecular flexibility index (Phi) is 8.32. The molecule has 166 valence electrons. The molecular weight excluding hydrogens is 404 g/mol. The Morgan fingerprint density at radius 3 is 2.25 bits per heavy atom. The molecule has 0 aliphatic rings. The van der Waals surface area contributed by atoms with Gasteiger partial charge in [-0.1, -0.05) is 30.3 Å². The lowest BCUT2D eigenvalue weighted by molar-refractivity contribution is 0.104. The summed E-state index contributed by atoms with van der Waals surface area (Å²) < 4.78 is 22.5. The van der Waals surface area contributed by atoms with E-state index in [1.807, 2.05) is 62.4 Å². The van der Waals surface area contributed by atoms with E-state index in [-0.39, 0.29) is 5.78 Å². The highest BCUT2D eigenvalue weighted by Gasteiger charge is 2.13. The van der Waals surface area contributed by atoms with Gasteiger partial charge in [-0.3, -0.25) is 4.79 Å². The van der Waals surface area contributed by atoms with E-state index in [0.717, 1.165) is 16.9 Å². The van der Waals surface area contributed by atoms with Gasteiger partial charge < -0.3 is 18.9 Å². The van der Waals surface area contributed by atoms with Crippen LogP contribution in [0.1, 0.15) is 35.3 Å². The van der Waals surface area contributed by atoms with Gasteiger partial charge in [0, 0.05) is 17.7 Å². The molecule has 0 aliphatic carbocycles. The lowest BCUT2D eigenvalue weighted by atomic mass is 10.1. The van der Waals surface area contributed by atoms with Crippen molar-refractivity contribution in [3.8, 4) is 23.0 Å². The number of benzene rings is 3. The van der Waals surface area contributed by atoms with Crippen molar-refractivity contribution in [2.24, 2.45) is 0 Å². The summed E-state index contributed by atoms with van der Waals surface area (Å²) in [5.41, 5.74) is 2.27. The normalized spacial score (nSPS) is 10.7. The SMILES string of the molecule is CCOc1ccc(C=CC(=O)c2ccc(OC)cc2OCc2ccccc2)c(OCC)c1. The first-order valence-electron chi connectivity index (χ1n) is 10.6. The van der Waals surface area contributed by atoms with Crippen molar-refractivity contribution in [2.45, 2.75) is 20.5 Å². The Hall–Kier alpha value is -3.73. The lowest BCUT2D eigenvalue weighted by Gasteiger charge is -2.12.